The highest BCUT2D eigenvalue weighted by atomic mass is 32.2. The molecule has 3 rings (SSSR count). The number of ether oxygens (including phenoxy) is 3. The van der Waals surface area contributed by atoms with Crippen molar-refractivity contribution in [2.45, 2.75) is 18.4 Å². The van der Waals surface area contributed by atoms with Crippen LogP contribution in [0.5, 0.6) is 17.2 Å². The topological polar surface area (TPSA) is 65.1 Å². The second-order valence-corrected chi connectivity index (χ2v) is 8.50. The lowest BCUT2D eigenvalue weighted by Crippen LogP contribution is -2.31. The molecule has 7 heteroatoms. The lowest BCUT2D eigenvalue weighted by molar-refractivity contribution is 0.353. The average molecular weight is 428 g/mol. The quantitative estimate of drug-likeness (QED) is 0.533. The van der Waals surface area contributed by atoms with Crippen LogP contribution in [0.4, 0.5) is 5.69 Å². The van der Waals surface area contributed by atoms with E-state index in [4.69, 9.17) is 14.2 Å². The average Bonchev–Trinajstić information content (AvgIpc) is 2.77. The molecule has 0 aliphatic rings. The third-order valence-electron chi connectivity index (χ3n) is 4.78. The zero-order valence-corrected chi connectivity index (χ0v) is 18.3. The SMILES string of the molecule is COc1ccc(N(Cc2ccccc2)S(=O)(=O)c2cc(OC)c(OC)cc2C)cc1. The number of methoxy groups -OCH3 is 3. The van der Waals surface area contributed by atoms with Gasteiger partial charge in [0.25, 0.3) is 10.0 Å². The monoisotopic (exact) mass is 427 g/mol. The smallest absolute Gasteiger partial charge is 0.265 e. The molecule has 0 amide bonds. The Hall–Kier alpha value is -3.19. The maximum atomic E-state index is 13.8. The minimum Gasteiger partial charge on any atom is -0.497 e. The molecule has 0 atom stereocenters. The van der Waals surface area contributed by atoms with E-state index in [0.717, 1.165) is 5.56 Å². The first-order chi connectivity index (χ1) is 14.4. The zero-order valence-electron chi connectivity index (χ0n) is 17.5. The molecule has 3 aromatic carbocycles. The number of hydrogen-bond acceptors (Lipinski definition) is 5. The first kappa shape index (κ1) is 21.5. The van der Waals surface area contributed by atoms with Crippen LogP contribution in [0.1, 0.15) is 11.1 Å². The van der Waals surface area contributed by atoms with E-state index >= 15 is 0 Å². The van der Waals surface area contributed by atoms with E-state index in [1.807, 2.05) is 30.3 Å². The first-order valence-electron chi connectivity index (χ1n) is 9.34. The molecule has 6 nitrogen and oxygen atoms in total. The van der Waals surface area contributed by atoms with Gasteiger partial charge in [-0.05, 0) is 48.4 Å². The predicted molar refractivity (Wildman–Crippen MR) is 117 cm³/mol. The van der Waals surface area contributed by atoms with Crippen LogP contribution in [0.15, 0.2) is 71.6 Å². The summed E-state index contributed by atoms with van der Waals surface area (Å²) in [4.78, 5) is 0.159. The van der Waals surface area contributed by atoms with E-state index in [9.17, 15) is 8.42 Å². The Morgan fingerprint density at radius 3 is 1.97 bits per heavy atom. The number of rotatable bonds is 8. The predicted octanol–water partition coefficient (Wildman–Crippen LogP) is 4.42. The van der Waals surface area contributed by atoms with Crippen molar-refractivity contribution in [3.05, 3.63) is 77.9 Å². The van der Waals surface area contributed by atoms with Gasteiger partial charge in [0.15, 0.2) is 11.5 Å². The van der Waals surface area contributed by atoms with Gasteiger partial charge in [0.05, 0.1) is 38.5 Å². The van der Waals surface area contributed by atoms with Gasteiger partial charge in [0, 0.05) is 6.07 Å². The maximum absolute atomic E-state index is 13.8. The number of sulfonamides is 1. The molecule has 0 aliphatic carbocycles. The van der Waals surface area contributed by atoms with Gasteiger partial charge < -0.3 is 14.2 Å². The summed E-state index contributed by atoms with van der Waals surface area (Å²) in [5.41, 5.74) is 1.98. The molecule has 3 aromatic rings. The molecule has 0 bridgehead atoms. The summed E-state index contributed by atoms with van der Waals surface area (Å²) < 4.78 is 44.8. The molecule has 0 radical (unpaired) electrons. The normalized spacial score (nSPS) is 11.1. The number of aryl methyl sites for hydroxylation is 1. The van der Waals surface area contributed by atoms with Gasteiger partial charge in [-0.2, -0.15) is 0 Å². The van der Waals surface area contributed by atoms with E-state index in [1.165, 1.54) is 24.6 Å². The largest absolute Gasteiger partial charge is 0.497 e. The third kappa shape index (κ3) is 4.36. The molecule has 158 valence electrons. The number of benzene rings is 3. The van der Waals surface area contributed by atoms with Crippen molar-refractivity contribution in [3.63, 3.8) is 0 Å². The van der Waals surface area contributed by atoms with Crippen LogP contribution in [-0.4, -0.2) is 29.7 Å². The van der Waals surface area contributed by atoms with Gasteiger partial charge in [-0.25, -0.2) is 8.42 Å². The fourth-order valence-corrected chi connectivity index (χ4v) is 4.85. The van der Waals surface area contributed by atoms with Crippen molar-refractivity contribution in [1.82, 2.24) is 0 Å². The van der Waals surface area contributed by atoms with E-state index in [1.54, 1.807) is 44.4 Å². The van der Waals surface area contributed by atoms with Gasteiger partial charge in [0.2, 0.25) is 0 Å². The van der Waals surface area contributed by atoms with E-state index in [2.05, 4.69) is 0 Å². The Morgan fingerprint density at radius 1 is 0.800 bits per heavy atom. The summed E-state index contributed by atoms with van der Waals surface area (Å²) in [6.07, 6.45) is 0. The Kier molecular flexibility index (Phi) is 6.52. The van der Waals surface area contributed by atoms with E-state index in [-0.39, 0.29) is 11.4 Å². The number of anilines is 1. The van der Waals surface area contributed by atoms with Crippen molar-refractivity contribution in [1.29, 1.82) is 0 Å². The molecule has 0 spiro atoms. The number of nitrogens with zero attached hydrogens (tertiary/aromatic N) is 1. The zero-order chi connectivity index (χ0) is 21.7. The lowest BCUT2D eigenvalue weighted by Gasteiger charge is -2.26. The van der Waals surface area contributed by atoms with Gasteiger partial charge in [-0.1, -0.05) is 30.3 Å². The van der Waals surface area contributed by atoms with Gasteiger partial charge >= 0.3 is 0 Å². The standard InChI is InChI=1S/C23H25NO5S/c1-17-14-21(28-3)22(29-4)15-23(17)30(25,26)24(16-18-8-6-5-7-9-18)19-10-12-20(27-2)13-11-19/h5-15H,16H2,1-4H3. The molecule has 0 heterocycles. The van der Waals surface area contributed by atoms with Crippen LogP contribution in [0.2, 0.25) is 0 Å². The summed E-state index contributed by atoms with van der Waals surface area (Å²) in [6.45, 7) is 1.92. The summed E-state index contributed by atoms with van der Waals surface area (Å²) in [5, 5.41) is 0. The highest BCUT2D eigenvalue weighted by molar-refractivity contribution is 7.92. The molecule has 0 fully saturated rings. The van der Waals surface area contributed by atoms with Crippen LogP contribution in [0.3, 0.4) is 0 Å². The minimum absolute atomic E-state index is 0.159. The Labute approximate surface area is 177 Å². The Balaban J connectivity index is 2.14. The fourth-order valence-electron chi connectivity index (χ4n) is 3.17. The van der Waals surface area contributed by atoms with Crippen LogP contribution in [0.25, 0.3) is 0 Å². The third-order valence-corrected chi connectivity index (χ3v) is 6.69. The Morgan fingerprint density at radius 2 is 1.40 bits per heavy atom. The summed E-state index contributed by atoms with van der Waals surface area (Å²) in [5.74, 6) is 1.49. The molecule has 0 saturated carbocycles. The molecule has 0 N–H and O–H groups in total. The van der Waals surface area contributed by atoms with Gasteiger partial charge in [-0.15, -0.1) is 0 Å². The second-order valence-electron chi connectivity index (χ2n) is 6.67. The molecule has 0 unspecified atom stereocenters. The van der Waals surface area contributed by atoms with Crippen molar-refractivity contribution in [2.24, 2.45) is 0 Å². The van der Waals surface area contributed by atoms with Gasteiger partial charge in [0.1, 0.15) is 5.75 Å². The van der Waals surface area contributed by atoms with Crippen LogP contribution < -0.4 is 18.5 Å². The van der Waals surface area contributed by atoms with Crippen LogP contribution >= 0.6 is 0 Å². The molecular weight excluding hydrogens is 402 g/mol. The van der Waals surface area contributed by atoms with Crippen LogP contribution in [0, 0.1) is 6.92 Å². The molecule has 0 aromatic heterocycles. The molecule has 30 heavy (non-hydrogen) atoms. The lowest BCUT2D eigenvalue weighted by atomic mass is 10.2. The molecule has 0 aliphatic heterocycles. The van der Waals surface area contributed by atoms with Crippen molar-refractivity contribution in [3.8, 4) is 17.2 Å². The summed E-state index contributed by atoms with van der Waals surface area (Å²) in [7, 11) is 0.666. The van der Waals surface area contributed by atoms with Crippen molar-refractivity contribution < 1.29 is 22.6 Å². The van der Waals surface area contributed by atoms with Crippen molar-refractivity contribution >= 4 is 15.7 Å². The second kappa shape index (κ2) is 9.09. The summed E-state index contributed by atoms with van der Waals surface area (Å²) in [6, 6.07) is 19.6. The molecule has 0 saturated heterocycles. The maximum Gasteiger partial charge on any atom is 0.265 e. The minimum atomic E-state index is -3.90. The van der Waals surface area contributed by atoms with Crippen molar-refractivity contribution in [2.75, 3.05) is 25.6 Å². The summed E-state index contributed by atoms with van der Waals surface area (Å²) >= 11 is 0. The van der Waals surface area contributed by atoms with Gasteiger partial charge in [-0.3, -0.25) is 4.31 Å². The fraction of sp³-hybridized carbons (Fsp3) is 0.217. The van der Waals surface area contributed by atoms with E-state index < -0.39 is 10.0 Å². The highest BCUT2D eigenvalue weighted by Gasteiger charge is 2.28. The number of hydrogen-bond donors (Lipinski definition) is 0. The Bertz CT molecular complexity index is 1100. The van der Waals surface area contributed by atoms with Crippen LogP contribution in [-0.2, 0) is 16.6 Å². The first-order valence-corrected chi connectivity index (χ1v) is 10.8. The van der Waals surface area contributed by atoms with E-state index in [0.29, 0.717) is 28.5 Å². The highest BCUT2D eigenvalue weighted by Crippen LogP contribution is 2.35. The molecular formula is C23H25NO5S.